The van der Waals surface area contributed by atoms with Crippen molar-refractivity contribution in [3.05, 3.63) is 30.5 Å². The van der Waals surface area contributed by atoms with E-state index in [0.29, 0.717) is 11.1 Å². The number of primary sulfonamides is 1. The van der Waals surface area contributed by atoms with Gasteiger partial charge in [-0.1, -0.05) is 0 Å². The van der Waals surface area contributed by atoms with Gasteiger partial charge in [0.2, 0.25) is 10.0 Å². The fraction of sp³-hybridized carbons (Fsp3) is 0.167. The molecular weight excluding hydrogens is 266 g/mol. The van der Waals surface area contributed by atoms with Crippen LogP contribution in [0, 0.1) is 11.3 Å². The van der Waals surface area contributed by atoms with Crippen molar-refractivity contribution in [1.29, 1.82) is 5.26 Å². The van der Waals surface area contributed by atoms with Crippen LogP contribution in [0.4, 0.5) is 0 Å². The molecule has 2 rings (SSSR count). The Balaban J connectivity index is 2.69. The summed E-state index contributed by atoms with van der Waals surface area (Å²) in [6, 6.07) is 8.05. The highest BCUT2D eigenvalue weighted by Gasteiger charge is 2.16. The molecule has 1 atom stereocenters. The summed E-state index contributed by atoms with van der Waals surface area (Å²) in [5.74, 6) is 0.393. The van der Waals surface area contributed by atoms with E-state index >= 15 is 0 Å². The normalized spacial score (nSPS) is 12.9. The number of nitrogens with two attached hydrogens (primary N) is 1. The Kier molecular flexibility index (Phi) is 3.38. The molecule has 7 heteroatoms. The van der Waals surface area contributed by atoms with Crippen LogP contribution in [-0.4, -0.2) is 19.5 Å². The van der Waals surface area contributed by atoms with Gasteiger partial charge in [0.25, 0.3) is 0 Å². The van der Waals surface area contributed by atoms with Gasteiger partial charge in [-0.3, -0.25) is 4.98 Å². The Morgan fingerprint density at radius 1 is 1.42 bits per heavy atom. The highest BCUT2D eigenvalue weighted by atomic mass is 32.2. The van der Waals surface area contributed by atoms with Crippen LogP contribution in [-0.2, 0) is 10.0 Å². The van der Waals surface area contributed by atoms with E-state index in [1.165, 1.54) is 18.3 Å². The van der Waals surface area contributed by atoms with Crippen molar-refractivity contribution in [3.63, 3.8) is 0 Å². The summed E-state index contributed by atoms with van der Waals surface area (Å²) >= 11 is 0. The van der Waals surface area contributed by atoms with Gasteiger partial charge in [0, 0.05) is 11.6 Å². The maximum Gasteiger partial charge on any atom is 0.240 e. The number of nitrogens with zero attached hydrogens (tertiary/aromatic N) is 2. The lowest BCUT2D eigenvalue weighted by molar-refractivity contribution is 0.280. The minimum absolute atomic E-state index is 0.0694. The van der Waals surface area contributed by atoms with Gasteiger partial charge in [0.1, 0.15) is 16.7 Å². The third-order valence-electron chi connectivity index (χ3n) is 2.48. The maximum atomic E-state index is 11.5. The molecule has 0 aliphatic rings. The maximum absolute atomic E-state index is 11.5. The first-order valence-corrected chi connectivity index (χ1v) is 6.95. The summed E-state index contributed by atoms with van der Waals surface area (Å²) in [5, 5.41) is 14.4. The molecule has 0 bridgehead atoms. The van der Waals surface area contributed by atoms with Crippen molar-refractivity contribution in [1.82, 2.24) is 4.98 Å². The van der Waals surface area contributed by atoms with Gasteiger partial charge in [0.15, 0.2) is 6.10 Å². The van der Waals surface area contributed by atoms with Crippen LogP contribution in [0.15, 0.2) is 35.4 Å². The fourth-order valence-corrected chi connectivity index (χ4v) is 2.36. The molecule has 0 saturated heterocycles. The topological polar surface area (TPSA) is 106 Å². The van der Waals surface area contributed by atoms with E-state index in [9.17, 15) is 8.42 Å². The Labute approximate surface area is 110 Å². The lowest BCUT2D eigenvalue weighted by Crippen LogP contribution is -2.14. The van der Waals surface area contributed by atoms with Crippen molar-refractivity contribution < 1.29 is 13.2 Å². The third-order valence-corrected chi connectivity index (χ3v) is 3.43. The average molecular weight is 277 g/mol. The second kappa shape index (κ2) is 4.84. The summed E-state index contributed by atoms with van der Waals surface area (Å²) in [6.45, 7) is 1.59. The molecule has 2 N–H and O–H groups in total. The number of sulfonamides is 1. The highest BCUT2D eigenvalue weighted by molar-refractivity contribution is 7.89. The molecule has 2 aromatic rings. The number of rotatable bonds is 3. The van der Waals surface area contributed by atoms with Crippen LogP contribution in [0.3, 0.4) is 0 Å². The quantitative estimate of drug-likeness (QED) is 0.906. The zero-order valence-electron chi connectivity index (χ0n) is 10.1. The van der Waals surface area contributed by atoms with Crippen molar-refractivity contribution >= 4 is 20.9 Å². The van der Waals surface area contributed by atoms with Gasteiger partial charge in [-0.05, 0) is 31.2 Å². The summed E-state index contributed by atoms with van der Waals surface area (Å²) in [5.41, 5.74) is 0.229. The smallest absolute Gasteiger partial charge is 0.240 e. The molecule has 98 valence electrons. The summed E-state index contributed by atoms with van der Waals surface area (Å²) in [6.07, 6.45) is 0.817. The van der Waals surface area contributed by atoms with Crippen molar-refractivity contribution in [3.8, 4) is 11.8 Å². The van der Waals surface area contributed by atoms with Gasteiger partial charge in [0.05, 0.1) is 5.52 Å². The molecule has 1 aromatic heterocycles. The van der Waals surface area contributed by atoms with E-state index in [1.54, 1.807) is 19.1 Å². The van der Waals surface area contributed by atoms with E-state index in [2.05, 4.69) is 4.98 Å². The molecule has 0 radical (unpaired) electrons. The highest BCUT2D eigenvalue weighted by Crippen LogP contribution is 2.29. The Hall–Kier alpha value is -2.17. The van der Waals surface area contributed by atoms with Crippen molar-refractivity contribution in [2.24, 2.45) is 5.14 Å². The zero-order chi connectivity index (χ0) is 14.0. The molecule has 6 nitrogen and oxygen atoms in total. The molecule has 0 spiro atoms. The molecule has 1 heterocycles. The zero-order valence-corrected chi connectivity index (χ0v) is 10.9. The van der Waals surface area contributed by atoms with E-state index in [1.807, 2.05) is 6.07 Å². The van der Waals surface area contributed by atoms with E-state index < -0.39 is 16.1 Å². The number of pyridine rings is 1. The molecular formula is C12H11N3O3S. The van der Waals surface area contributed by atoms with Crippen molar-refractivity contribution in [2.75, 3.05) is 0 Å². The number of fused-ring (bicyclic) bond motifs is 1. The van der Waals surface area contributed by atoms with Crippen LogP contribution >= 0.6 is 0 Å². The fourth-order valence-electron chi connectivity index (χ4n) is 1.67. The number of ether oxygens (including phenoxy) is 1. The minimum Gasteiger partial charge on any atom is -0.475 e. The molecule has 0 aliphatic heterocycles. The second-order valence-corrected chi connectivity index (χ2v) is 5.43. The van der Waals surface area contributed by atoms with Crippen LogP contribution in [0.5, 0.6) is 5.75 Å². The lowest BCUT2D eigenvalue weighted by atomic mass is 10.2. The van der Waals surface area contributed by atoms with Gasteiger partial charge < -0.3 is 4.74 Å². The predicted molar refractivity (Wildman–Crippen MR) is 68.8 cm³/mol. The molecule has 19 heavy (non-hydrogen) atoms. The Morgan fingerprint density at radius 3 is 2.79 bits per heavy atom. The van der Waals surface area contributed by atoms with Gasteiger partial charge in [-0.2, -0.15) is 5.26 Å². The third kappa shape index (κ3) is 2.65. The van der Waals surface area contributed by atoms with Crippen LogP contribution < -0.4 is 9.88 Å². The van der Waals surface area contributed by atoms with Gasteiger partial charge >= 0.3 is 0 Å². The predicted octanol–water partition coefficient (Wildman–Crippen LogP) is 1.17. The number of hydrogen-bond donors (Lipinski definition) is 1. The molecule has 1 aromatic carbocycles. The van der Waals surface area contributed by atoms with Crippen LogP contribution in [0.1, 0.15) is 6.92 Å². The minimum atomic E-state index is -3.86. The molecule has 0 aliphatic carbocycles. The summed E-state index contributed by atoms with van der Waals surface area (Å²) in [4.78, 5) is 3.95. The number of hydrogen-bond acceptors (Lipinski definition) is 5. The Morgan fingerprint density at radius 2 is 2.16 bits per heavy atom. The van der Waals surface area contributed by atoms with Crippen molar-refractivity contribution in [2.45, 2.75) is 17.9 Å². The number of benzene rings is 1. The second-order valence-electron chi connectivity index (χ2n) is 3.90. The van der Waals surface area contributed by atoms with E-state index in [4.69, 9.17) is 15.1 Å². The average Bonchev–Trinajstić information content (AvgIpc) is 2.37. The lowest BCUT2D eigenvalue weighted by Gasteiger charge is -2.12. The molecule has 0 saturated carbocycles. The van der Waals surface area contributed by atoms with Gasteiger partial charge in [-0.15, -0.1) is 0 Å². The van der Waals surface area contributed by atoms with Crippen LogP contribution in [0.25, 0.3) is 10.9 Å². The molecule has 0 fully saturated rings. The monoisotopic (exact) mass is 277 g/mol. The van der Waals surface area contributed by atoms with Crippen LogP contribution in [0.2, 0.25) is 0 Å². The summed E-state index contributed by atoms with van der Waals surface area (Å²) < 4.78 is 28.4. The number of nitriles is 1. The SMILES string of the molecule is CC(C#N)Oc1ccc(S(N)(=O)=O)c2ncccc12. The largest absolute Gasteiger partial charge is 0.475 e. The molecule has 0 amide bonds. The first-order valence-electron chi connectivity index (χ1n) is 5.40. The first-order chi connectivity index (χ1) is 8.93. The van der Waals surface area contributed by atoms with E-state index in [-0.39, 0.29) is 10.4 Å². The van der Waals surface area contributed by atoms with Gasteiger partial charge in [-0.25, -0.2) is 13.6 Å². The standard InChI is InChI=1S/C12H11N3O3S/c1-8(7-13)18-10-4-5-11(19(14,16)17)12-9(10)3-2-6-15-12/h2-6,8H,1H3,(H2,14,16,17). The molecule has 1 unspecified atom stereocenters. The Bertz CT molecular complexity index is 765. The first kappa shape index (κ1) is 13.3. The van der Waals surface area contributed by atoms with E-state index in [0.717, 1.165) is 0 Å². The number of aromatic nitrogens is 1. The summed E-state index contributed by atoms with van der Waals surface area (Å²) in [7, 11) is -3.86.